The summed E-state index contributed by atoms with van der Waals surface area (Å²) >= 11 is 0. The molecule has 16 heavy (non-hydrogen) atoms. The Kier molecular flexibility index (Phi) is 5.56. The fourth-order valence-corrected chi connectivity index (χ4v) is 1.11. The Bertz CT molecular complexity index is 269. The van der Waals surface area contributed by atoms with Crippen molar-refractivity contribution in [3.05, 3.63) is 12.7 Å². The monoisotopic (exact) mass is 228 g/mol. The van der Waals surface area contributed by atoms with Gasteiger partial charge >= 0.3 is 6.09 Å². The molecule has 0 rings (SSSR count). The Hall–Kier alpha value is -1.52. The van der Waals surface area contributed by atoms with Crippen molar-refractivity contribution in [2.75, 3.05) is 0 Å². The average Bonchev–Trinajstić information content (AvgIpc) is 1.98. The molecule has 0 saturated heterocycles. The van der Waals surface area contributed by atoms with Crippen molar-refractivity contribution in [3.8, 4) is 0 Å². The van der Waals surface area contributed by atoms with Gasteiger partial charge in [0.1, 0.15) is 5.60 Å². The fraction of sp³-hybridized carbons (Fsp3) is 0.636. The molecule has 0 aliphatic rings. The molecule has 0 heterocycles. The number of rotatable bonds is 5. The number of hydrogen-bond donors (Lipinski definition) is 2. The topological polar surface area (TPSA) is 81.4 Å². The van der Waals surface area contributed by atoms with Crippen molar-refractivity contribution in [2.24, 2.45) is 5.73 Å². The summed E-state index contributed by atoms with van der Waals surface area (Å²) in [5.41, 5.74) is 4.50. The highest BCUT2D eigenvalue weighted by Crippen LogP contribution is 2.08. The largest absolute Gasteiger partial charge is 0.444 e. The Morgan fingerprint density at radius 3 is 2.44 bits per heavy atom. The molecule has 0 fully saturated rings. The first-order valence-electron chi connectivity index (χ1n) is 5.13. The van der Waals surface area contributed by atoms with Crippen molar-refractivity contribution < 1.29 is 14.3 Å². The van der Waals surface area contributed by atoms with E-state index >= 15 is 0 Å². The number of ether oxygens (including phenoxy) is 1. The van der Waals surface area contributed by atoms with Gasteiger partial charge in [-0.1, -0.05) is 6.08 Å². The normalized spacial score (nSPS) is 12.7. The molecule has 2 amide bonds. The van der Waals surface area contributed by atoms with E-state index in [0.29, 0.717) is 6.42 Å². The molecule has 0 aliphatic heterocycles. The molecule has 1 unspecified atom stereocenters. The first kappa shape index (κ1) is 14.5. The maximum atomic E-state index is 11.4. The minimum atomic E-state index is -0.560. The Balaban J connectivity index is 4.22. The van der Waals surface area contributed by atoms with Gasteiger partial charge < -0.3 is 15.8 Å². The molecular formula is C11H20N2O3. The lowest BCUT2D eigenvalue weighted by Gasteiger charge is -2.22. The molecule has 0 bridgehead atoms. The van der Waals surface area contributed by atoms with E-state index in [0.717, 1.165) is 0 Å². The predicted molar refractivity (Wildman–Crippen MR) is 61.8 cm³/mol. The quantitative estimate of drug-likeness (QED) is 0.696. The van der Waals surface area contributed by atoms with Gasteiger partial charge in [0.15, 0.2) is 0 Å². The van der Waals surface area contributed by atoms with Crippen LogP contribution in [-0.2, 0) is 9.53 Å². The summed E-state index contributed by atoms with van der Waals surface area (Å²) in [5.74, 6) is -0.470. The van der Waals surface area contributed by atoms with E-state index < -0.39 is 17.6 Å². The lowest BCUT2D eigenvalue weighted by Crippen LogP contribution is -2.40. The molecule has 0 spiro atoms. The van der Waals surface area contributed by atoms with Gasteiger partial charge in [-0.2, -0.15) is 0 Å². The summed E-state index contributed by atoms with van der Waals surface area (Å²) in [7, 11) is 0. The smallest absolute Gasteiger partial charge is 0.407 e. The summed E-state index contributed by atoms with van der Waals surface area (Å²) < 4.78 is 5.06. The third-order valence-corrected chi connectivity index (χ3v) is 1.62. The van der Waals surface area contributed by atoms with Gasteiger partial charge in [0.05, 0.1) is 0 Å². The summed E-state index contributed by atoms with van der Waals surface area (Å²) in [6.45, 7) is 8.85. The molecule has 5 nitrogen and oxygen atoms in total. The highest BCUT2D eigenvalue weighted by atomic mass is 16.6. The zero-order valence-corrected chi connectivity index (χ0v) is 10.1. The van der Waals surface area contributed by atoms with Gasteiger partial charge in [0.2, 0.25) is 5.91 Å². The van der Waals surface area contributed by atoms with E-state index in [1.165, 1.54) is 0 Å². The van der Waals surface area contributed by atoms with E-state index in [1.807, 2.05) is 0 Å². The minimum Gasteiger partial charge on any atom is -0.444 e. The molecular weight excluding hydrogens is 208 g/mol. The molecule has 0 radical (unpaired) electrons. The third kappa shape index (κ3) is 7.84. The second-order valence-corrected chi connectivity index (χ2v) is 4.54. The standard InChI is InChI=1S/C11H20N2O3/c1-5-6-8(7-9(12)14)13-10(15)16-11(2,3)4/h5,8H,1,6-7H2,2-4H3,(H2,12,14)(H,13,15). The Morgan fingerprint density at radius 2 is 2.06 bits per heavy atom. The lowest BCUT2D eigenvalue weighted by atomic mass is 10.1. The molecule has 0 aromatic carbocycles. The number of primary amides is 1. The van der Waals surface area contributed by atoms with Crippen molar-refractivity contribution in [3.63, 3.8) is 0 Å². The number of carbonyl (C=O) groups is 2. The van der Waals surface area contributed by atoms with E-state index in [4.69, 9.17) is 10.5 Å². The SMILES string of the molecule is C=CCC(CC(N)=O)NC(=O)OC(C)(C)C. The van der Waals surface area contributed by atoms with Gasteiger partial charge in [-0.05, 0) is 27.2 Å². The summed E-state index contributed by atoms with van der Waals surface area (Å²) in [6.07, 6.45) is 1.61. The maximum absolute atomic E-state index is 11.4. The zero-order chi connectivity index (χ0) is 12.8. The van der Waals surface area contributed by atoms with Crippen LogP contribution < -0.4 is 11.1 Å². The van der Waals surface area contributed by atoms with Gasteiger partial charge in [-0.3, -0.25) is 4.79 Å². The van der Waals surface area contributed by atoms with Gasteiger partial charge in [0.25, 0.3) is 0 Å². The Labute approximate surface area is 96.0 Å². The van der Waals surface area contributed by atoms with E-state index in [2.05, 4.69) is 11.9 Å². The van der Waals surface area contributed by atoms with Gasteiger partial charge in [0, 0.05) is 12.5 Å². The molecule has 0 aliphatic carbocycles. The summed E-state index contributed by atoms with van der Waals surface area (Å²) in [4.78, 5) is 22.2. The number of alkyl carbamates (subject to hydrolysis) is 1. The van der Waals surface area contributed by atoms with E-state index in [-0.39, 0.29) is 12.5 Å². The molecule has 92 valence electrons. The van der Waals surface area contributed by atoms with Crippen molar-refractivity contribution in [1.82, 2.24) is 5.32 Å². The number of nitrogens with two attached hydrogens (primary N) is 1. The molecule has 5 heteroatoms. The van der Waals surface area contributed by atoms with Crippen LogP contribution in [0.15, 0.2) is 12.7 Å². The van der Waals surface area contributed by atoms with Crippen LogP contribution in [0.2, 0.25) is 0 Å². The second-order valence-electron chi connectivity index (χ2n) is 4.54. The predicted octanol–water partition coefficient (Wildman–Crippen LogP) is 1.33. The van der Waals surface area contributed by atoms with Crippen LogP contribution >= 0.6 is 0 Å². The van der Waals surface area contributed by atoms with Crippen molar-refractivity contribution >= 4 is 12.0 Å². The first-order valence-corrected chi connectivity index (χ1v) is 5.13. The van der Waals surface area contributed by atoms with Crippen molar-refractivity contribution in [1.29, 1.82) is 0 Å². The Morgan fingerprint density at radius 1 is 1.50 bits per heavy atom. The summed E-state index contributed by atoms with van der Waals surface area (Å²) in [6, 6.07) is -0.357. The number of amides is 2. The highest BCUT2D eigenvalue weighted by molar-refractivity contribution is 5.76. The molecule has 0 saturated carbocycles. The van der Waals surface area contributed by atoms with Crippen LogP contribution in [0, 0.1) is 0 Å². The lowest BCUT2D eigenvalue weighted by molar-refractivity contribution is -0.118. The number of carbonyl (C=O) groups excluding carboxylic acids is 2. The first-order chi connectivity index (χ1) is 7.24. The zero-order valence-electron chi connectivity index (χ0n) is 10.1. The summed E-state index contributed by atoms with van der Waals surface area (Å²) in [5, 5.41) is 2.57. The highest BCUT2D eigenvalue weighted by Gasteiger charge is 2.19. The van der Waals surface area contributed by atoms with Crippen LogP contribution in [0.5, 0.6) is 0 Å². The van der Waals surface area contributed by atoms with Crippen LogP contribution in [0.3, 0.4) is 0 Å². The van der Waals surface area contributed by atoms with Crippen LogP contribution in [0.25, 0.3) is 0 Å². The molecule has 1 atom stereocenters. The van der Waals surface area contributed by atoms with Crippen LogP contribution in [0.4, 0.5) is 4.79 Å². The number of nitrogens with one attached hydrogen (secondary N) is 1. The molecule has 3 N–H and O–H groups in total. The van der Waals surface area contributed by atoms with Crippen LogP contribution in [-0.4, -0.2) is 23.6 Å². The minimum absolute atomic E-state index is 0.0747. The third-order valence-electron chi connectivity index (χ3n) is 1.62. The molecule has 0 aromatic rings. The maximum Gasteiger partial charge on any atom is 0.407 e. The van der Waals surface area contributed by atoms with Crippen LogP contribution in [0.1, 0.15) is 33.6 Å². The van der Waals surface area contributed by atoms with Gasteiger partial charge in [-0.15, -0.1) is 6.58 Å². The fourth-order valence-electron chi connectivity index (χ4n) is 1.11. The van der Waals surface area contributed by atoms with E-state index in [1.54, 1.807) is 26.8 Å². The van der Waals surface area contributed by atoms with E-state index in [9.17, 15) is 9.59 Å². The van der Waals surface area contributed by atoms with Crippen molar-refractivity contribution in [2.45, 2.75) is 45.3 Å². The number of hydrogen-bond acceptors (Lipinski definition) is 3. The van der Waals surface area contributed by atoms with Gasteiger partial charge in [-0.25, -0.2) is 4.79 Å². The second kappa shape index (κ2) is 6.15. The molecule has 0 aromatic heterocycles. The average molecular weight is 228 g/mol.